The number of alkyl halides is 3. The predicted molar refractivity (Wildman–Crippen MR) is 102 cm³/mol. The van der Waals surface area contributed by atoms with Gasteiger partial charge in [0.25, 0.3) is 5.91 Å². The fourth-order valence-electron chi connectivity index (χ4n) is 3.15. The number of halogens is 3. The van der Waals surface area contributed by atoms with Crippen LogP contribution in [0.2, 0.25) is 0 Å². The molecule has 2 aromatic heterocycles. The molecule has 0 spiro atoms. The molecule has 1 atom stereocenters. The van der Waals surface area contributed by atoms with Crippen LogP contribution in [0.25, 0.3) is 0 Å². The van der Waals surface area contributed by atoms with E-state index in [1.54, 1.807) is 37.8 Å². The van der Waals surface area contributed by atoms with Crippen LogP contribution in [-0.4, -0.2) is 39.5 Å². The van der Waals surface area contributed by atoms with Crippen LogP contribution in [0.3, 0.4) is 0 Å². The molecular formula is C20H21F3N4O3. The van der Waals surface area contributed by atoms with Crippen LogP contribution in [-0.2, 0) is 11.3 Å². The van der Waals surface area contributed by atoms with Crippen molar-refractivity contribution in [1.82, 2.24) is 14.9 Å². The maximum absolute atomic E-state index is 12.9. The van der Waals surface area contributed by atoms with Crippen molar-refractivity contribution in [2.75, 3.05) is 11.9 Å². The molecule has 1 unspecified atom stereocenters. The SMILES string of the molecule is CCC(=O)Nc1nccc2c1CN(C(C)c1cc(C)c(OCC(F)(F)F)cn1)C2=O. The molecule has 0 radical (unpaired) electrons. The molecule has 0 bridgehead atoms. The summed E-state index contributed by atoms with van der Waals surface area (Å²) < 4.78 is 41.9. The first-order valence-electron chi connectivity index (χ1n) is 9.35. The molecule has 3 rings (SSSR count). The Balaban J connectivity index is 1.80. The van der Waals surface area contributed by atoms with Gasteiger partial charge in [-0.1, -0.05) is 6.92 Å². The second-order valence-electron chi connectivity index (χ2n) is 6.97. The number of hydrogen-bond acceptors (Lipinski definition) is 5. The minimum atomic E-state index is -4.44. The summed E-state index contributed by atoms with van der Waals surface area (Å²) in [6, 6.07) is 2.75. The van der Waals surface area contributed by atoms with Crippen LogP contribution < -0.4 is 10.1 Å². The molecule has 1 aliphatic heterocycles. The van der Waals surface area contributed by atoms with Gasteiger partial charge in [0.15, 0.2) is 6.61 Å². The summed E-state index contributed by atoms with van der Waals surface area (Å²) in [4.78, 5) is 34.6. The Morgan fingerprint density at radius 1 is 1.37 bits per heavy atom. The van der Waals surface area contributed by atoms with Gasteiger partial charge in [-0.3, -0.25) is 14.6 Å². The molecule has 160 valence electrons. The number of ether oxygens (including phenoxy) is 1. The Morgan fingerprint density at radius 2 is 2.10 bits per heavy atom. The average Bonchev–Trinajstić information content (AvgIpc) is 3.03. The highest BCUT2D eigenvalue weighted by atomic mass is 19.4. The van der Waals surface area contributed by atoms with E-state index < -0.39 is 18.8 Å². The van der Waals surface area contributed by atoms with Crippen molar-refractivity contribution < 1.29 is 27.5 Å². The molecule has 2 aromatic rings. The van der Waals surface area contributed by atoms with Gasteiger partial charge in [0.2, 0.25) is 5.91 Å². The zero-order valence-corrected chi connectivity index (χ0v) is 16.7. The number of hydrogen-bond donors (Lipinski definition) is 1. The van der Waals surface area contributed by atoms with E-state index in [2.05, 4.69) is 15.3 Å². The Morgan fingerprint density at radius 3 is 2.73 bits per heavy atom. The highest BCUT2D eigenvalue weighted by Crippen LogP contribution is 2.34. The van der Waals surface area contributed by atoms with Gasteiger partial charge in [-0.25, -0.2) is 4.98 Å². The average molecular weight is 422 g/mol. The molecule has 1 aliphatic rings. The number of fused-ring (bicyclic) bond motifs is 1. The second kappa shape index (κ2) is 8.29. The largest absolute Gasteiger partial charge is 0.482 e. The van der Waals surface area contributed by atoms with Crippen molar-refractivity contribution >= 4 is 17.6 Å². The van der Waals surface area contributed by atoms with Gasteiger partial charge >= 0.3 is 6.18 Å². The number of rotatable bonds is 6. The van der Waals surface area contributed by atoms with Gasteiger partial charge in [-0.15, -0.1) is 0 Å². The van der Waals surface area contributed by atoms with Crippen LogP contribution in [0.4, 0.5) is 19.0 Å². The molecule has 0 fully saturated rings. The number of amides is 2. The van der Waals surface area contributed by atoms with Crippen LogP contribution in [0.15, 0.2) is 24.5 Å². The lowest BCUT2D eigenvalue weighted by atomic mass is 10.1. The predicted octanol–water partition coefficient (Wildman–Crippen LogP) is 3.79. The summed E-state index contributed by atoms with van der Waals surface area (Å²) >= 11 is 0. The molecule has 2 amide bonds. The second-order valence-corrected chi connectivity index (χ2v) is 6.97. The number of pyridine rings is 2. The molecule has 1 N–H and O–H groups in total. The zero-order valence-electron chi connectivity index (χ0n) is 16.7. The van der Waals surface area contributed by atoms with E-state index in [0.717, 1.165) is 0 Å². The Bertz CT molecular complexity index is 978. The van der Waals surface area contributed by atoms with E-state index in [1.807, 2.05) is 0 Å². The van der Waals surface area contributed by atoms with Crippen molar-refractivity contribution in [2.24, 2.45) is 0 Å². The molecule has 10 heteroatoms. The third-order valence-electron chi connectivity index (χ3n) is 4.83. The number of nitrogens with one attached hydrogen (secondary N) is 1. The van der Waals surface area contributed by atoms with Gasteiger partial charge in [-0.05, 0) is 31.5 Å². The minimum Gasteiger partial charge on any atom is -0.482 e. The lowest BCUT2D eigenvalue weighted by molar-refractivity contribution is -0.153. The van der Waals surface area contributed by atoms with Gasteiger partial charge in [0.05, 0.1) is 24.5 Å². The topological polar surface area (TPSA) is 84.4 Å². The fraction of sp³-hybridized carbons (Fsp3) is 0.400. The number of aryl methyl sites for hydroxylation is 1. The van der Waals surface area contributed by atoms with Crippen LogP contribution in [0.5, 0.6) is 5.75 Å². The molecule has 3 heterocycles. The van der Waals surface area contributed by atoms with Crippen molar-refractivity contribution in [2.45, 2.75) is 46.0 Å². The zero-order chi connectivity index (χ0) is 22.1. The Hall–Kier alpha value is -3.17. The van der Waals surface area contributed by atoms with Gasteiger partial charge < -0.3 is 15.0 Å². The Labute approximate surface area is 171 Å². The summed E-state index contributed by atoms with van der Waals surface area (Å²) in [5.41, 5.74) is 2.07. The van der Waals surface area contributed by atoms with Crippen molar-refractivity contribution in [3.63, 3.8) is 0 Å². The summed E-state index contributed by atoms with van der Waals surface area (Å²) in [5, 5.41) is 2.70. The lowest BCUT2D eigenvalue weighted by Gasteiger charge is -2.24. The molecule has 0 aliphatic carbocycles. The molecule has 30 heavy (non-hydrogen) atoms. The lowest BCUT2D eigenvalue weighted by Crippen LogP contribution is -2.28. The normalized spacial score (nSPS) is 14.5. The van der Waals surface area contributed by atoms with Crippen molar-refractivity contribution in [3.05, 3.63) is 46.9 Å². The minimum absolute atomic E-state index is 0.0353. The van der Waals surface area contributed by atoms with E-state index in [9.17, 15) is 22.8 Å². The van der Waals surface area contributed by atoms with Crippen molar-refractivity contribution in [3.8, 4) is 5.75 Å². The van der Waals surface area contributed by atoms with Gasteiger partial charge in [0.1, 0.15) is 11.6 Å². The third-order valence-corrected chi connectivity index (χ3v) is 4.83. The van der Waals surface area contributed by atoms with E-state index in [4.69, 9.17) is 4.74 Å². The fourth-order valence-corrected chi connectivity index (χ4v) is 3.15. The molecule has 0 saturated carbocycles. The molecular weight excluding hydrogens is 401 g/mol. The molecule has 0 aromatic carbocycles. The van der Waals surface area contributed by atoms with E-state index in [-0.39, 0.29) is 30.5 Å². The summed E-state index contributed by atoms with van der Waals surface area (Å²) in [5.74, 6) is -0.0548. The van der Waals surface area contributed by atoms with Crippen LogP contribution in [0.1, 0.15) is 53.5 Å². The van der Waals surface area contributed by atoms with Crippen LogP contribution in [0, 0.1) is 6.92 Å². The maximum atomic E-state index is 12.9. The van der Waals surface area contributed by atoms with E-state index >= 15 is 0 Å². The Kier molecular flexibility index (Phi) is 5.95. The van der Waals surface area contributed by atoms with Crippen molar-refractivity contribution in [1.29, 1.82) is 0 Å². The highest BCUT2D eigenvalue weighted by molar-refractivity contribution is 6.01. The van der Waals surface area contributed by atoms with E-state index in [1.165, 1.54) is 12.4 Å². The molecule has 0 saturated heterocycles. The number of carbonyl (C=O) groups excluding carboxylic acids is 2. The van der Waals surface area contributed by atoms with Crippen LogP contribution >= 0.6 is 0 Å². The first-order valence-corrected chi connectivity index (χ1v) is 9.35. The summed E-state index contributed by atoms with van der Waals surface area (Å²) in [6.45, 7) is 3.94. The summed E-state index contributed by atoms with van der Waals surface area (Å²) in [6.07, 6.45) is -1.46. The summed E-state index contributed by atoms with van der Waals surface area (Å²) in [7, 11) is 0. The van der Waals surface area contributed by atoms with Gasteiger partial charge in [0, 0.05) is 23.7 Å². The maximum Gasteiger partial charge on any atom is 0.422 e. The highest BCUT2D eigenvalue weighted by Gasteiger charge is 2.34. The smallest absolute Gasteiger partial charge is 0.422 e. The first-order chi connectivity index (χ1) is 14.1. The molecule has 7 nitrogen and oxygen atoms in total. The standard InChI is InChI=1S/C20H21F3N4O3/c1-4-17(28)26-18-14-9-27(19(29)13(14)5-6-24-18)12(3)15-7-11(2)16(8-25-15)30-10-20(21,22)23/h5-8,12H,4,9-10H2,1-3H3,(H,24,26,28). The number of aromatic nitrogens is 2. The number of nitrogens with zero attached hydrogens (tertiary/aromatic N) is 3. The third kappa shape index (κ3) is 4.52. The first kappa shape index (κ1) is 21.5. The van der Waals surface area contributed by atoms with Gasteiger partial charge in [-0.2, -0.15) is 13.2 Å². The number of carbonyl (C=O) groups is 2. The quantitative estimate of drug-likeness (QED) is 0.766. The van der Waals surface area contributed by atoms with E-state index in [0.29, 0.717) is 28.2 Å². The monoisotopic (exact) mass is 422 g/mol. The number of anilines is 1.